The predicted octanol–water partition coefficient (Wildman–Crippen LogP) is 6.99. The number of nitrogens with one attached hydrogen (secondary N) is 1. The Kier molecular flexibility index (Phi) is 10.1. The van der Waals surface area contributed by atoms with Gasteiger partial charge in [0.25, 0.3) is 10.9 Å². The van der Waals surface area contributed by atoms with Crippen molar-refractivity contribution in [3.63, 3.8) is 0 Å². The molecule has 0 bridgehead atoms. The molecule has 0 spiro atoms. The minimum atomic E-state index is -0.604. The van der Waals surface area contributed by atoms with Crippen LogP contribution in [0.2, 0.25) is 0 Å². The van der Waals surface area contributed by atoms with Crippen molar-refractivity contribution in [1.82, 2.24) is 5.32 Å². The van der Waals surface area contributed by atoms with Gasteiger partial charge in [-0.25, -0.2) is 0 Å². The van der Waals surface area contributed by atoms with Crippen molar-refractivity contribution in [3.8, 4) is 11.1 Å². The van der Waals surface area contributed by atoms with Crippen molar-refractivity contribution in [2.75, 3.05) is 5.75 Å². The normalized spacial score (nSPS) is 19.4. The van der Waals surface area contributed by atoms with E-state index >= 15 is 0 Å². The highest BCUT2D eigenvalue weighted by Crippen LogP contribution is 2.43. The van der Waals surface area contributed by atoms with Crippen molar-refractivity contribution >= 4 is 17.7 Å². The highest BCUT2D eigenvalue weighted by atomic mass is 32.2. The number of aromatic nitrogens is 1. The van der Waals surface area contributed by atoms with Gasteiger partial charge < -0.3 is 25.1 Å². The molecule has 0 aliphatic carbocycles. The van der Waals surface area contributed by atoms with Crippen LogP contribution in [0.25, 0.3) is 11.1 Å². The van der Waals surface area contributed by atoms with Gasteiger partial charge in [0.05, 0.1) is 18.8 Å². The number of pyridine rings is 1. The van der Waals surface area contributed by atoms with E-state index in [4.69, 9.17) is 9.47 Å². The first kappa shape index (κ1) is 31.5. The van der Waals surface area contributed by atoms with Crippen LogP contribution in [0, 0.1) is 11.1 Å². The summed E-state index contributed by atoms with van der Waals surface area (Å²) in [6, 6.07) is 38.7. The van der Waals surface area contributed by atoms with E-state index in [0.29, 0.717) is 22.9 Å². The molecule has 2 N–H and O–H groups in total. The van der Waals surface area contributed by atoms with E-state index in [-0.39, 0.29) is 30.6 Å². The fourth-order valence-electron chi connectivity index (χ4n) is 5.57. The third kappa shape index (κ3) is 7.49. The third-order valence-electron chi connectivity index (χ3n) is 8.24. The van der Waals surface area contributed by atoms with Crippen LogP contribution in [-0.4, -0.2) is 22.9 Å². The van der Waals surface area contributed by atoms with Gasteiger partial charge >= 0.3 is 0 Å². The van der Waals surface area contributed by atoms with E-state index in [1.54, 1.807) is 18.2 Å². The van der Waals surface area contributed by atoms with E-state index in [0.717, 1.165) is 38.1 Å². The Balaban J connectivity index is 1.18. The molecule has 0 saturated carbocycles. The second-order valence-corrected chi connectivity index (χ2v) is 12.4. The fourth-order valence-corrected chi connectivity index (χ4v) is 6.65. The van der Waals surface area contributed by atoms with Gasteiger partial charge in [-0.1, -0.05) is 104 Å². The summed E-state index contributed by atoms with van der Waals surface area (Å²) in [4.78, 5) is 12.5. The first-order valence-electron chi connectivity index (χ1n) is 15.3. The summed E-state index contributed by atoms with van der Waals surface area (Å²) in [5.41, 5.74) is 6.47. The number of hydrogen-bond donors (Lipinski definition) is 2. The number of aliphatic hydroxyl groups excluding tert-OH is 1. The molecule has 1 amide bonds. The van der Waals surface area contributed by atoms with E-state index < -0.39 is 6.29 Å². The molecule has 2 heterocycles. The minimum Gasteiger partial charge on any atom is -0.618 e. The van der Waals surface area contributed by atoms with E-state index in [1.165, 1.54) is 18.0 Å². The molecule has 1 saturated heterocycles. The van der Waals surface area contributed by atoms with Crippen molar-refractivity contribution in [2.24, 2.45) is 5.92 Å². The number of thioether (sulfide) groups is 1. The molecule has 5 aromatic rings. The molecule has 4 aromatic carbocycles. The first-order valence-corrected chi connectivity index (χ1v) is 16.3. The van der Waals surface area contributed by atoms with Crippen molar-refractivity contribution in [3.05, 3.63) is 161 Å². The number of hydrogen-bond acceptors (Lipinski definition) is 6. The quantitative estimate of drug-likeness (QED) is 0.0979. The van der Waals surface area contributed by atoms with Crippen LogP contribution in [0.5, 0.6) is 0 Å². The van der Waals surface area contributed by atoms with Crippen molar-refractivity contribution in [1.29, 1.82) is 0 Å². The van der Waals surface area contributed by atoms with Gasteiger partial charge in [0, 0.05) is 41.5 Å². The molecule has 4 unspecified atom stereocenters. The molecular weight excluding hydrogens is 596 g/mol. The smallest absolute Gasteiger partial charge is 0.251 e. The van der Waals surface area contributed by atoms with Gasteiger partial charge in [0.15, 0.2) is 12.5 Å². The Labute approximate surface area is 273 Å². The molecular formula is C38H36N2O5S. The molecule has 1 aliphatic rings. The van der Waals surface area contributed by atoms with Crippen LogP contribution in [0.1, 0.15) is 51.9 Å². The predicted molar refractivity (Wildman–Crippen MR) is 179 cm³/mol. The molecule has 1 fully saturated rings. The van der Waals surface area contributed by atoms with Crippen molar-refractivity contribution in [2.45, 2.75) is 43.6 Å². The summed E-state index contributed by atoms with van der Waals surface area (Å²) >= 11 is 1.47. The number of rotatable bonds is 10. The number of aliphatic hydroxyl groups is 1. The molecule has 7 nitrogen and oxygen atoms in total. The number of carbonyl (C=O) groups excluding carboxylic acids is 1. The van der Waals surface area contributed by atoms with Gasteiger partial charge in [-0.05, 0) is 52.1 Å². The molecule has 0 radical (unpaired) electrons. The lowest BCUT2D eigenvalue weighted by Crippen LogP contribution is -2.39. The number of carbonyl (C=O) groups is 1. The van der Waals surface area contributed by atoms with Crippen LogP contribution < -0.4 is 10.0 Å². The molecule has 6 rings (SSSR count). The van der Waals surface area contributed by atoms with E-state index in [1.807, 2.05) is 78.9 Å². The number of benzene rings is 4. The maximum absolute atomic E-state index is 12.5. The standard InChI is InChI=1S/C38H36N2O5S/c1-26-34(25-46-35-12-5-6-21-40(35)43)44-38(45-36(26)30-15-13-27(24-41)14-16-30)32-19-17-29(18-20-32)33-11-7-8-28(22-33)23-39-37(42)31-9-3-2-4-10-31/h2-22,26,34,36,38,41H,23-25H2,1H3,(H,39,42). The maximum Gasteiger partial charge on any atom is 0.251 e. The monoisotopic (exact) mass is 632 g/mol. The molecule has 8 heteroatoms. The van der Waals surface area contributed by atoms with Gasteiger partial charge in [0.1, 0.15) is 0 Å². The highest BCUT2D eigenvalue weighted by Gasteiger charge is 2.38. The lowest BCUT2D eigenvalue weighted by atomic mass is 9.91. The van der Waals surface area contributed by atoms with Crippen molar-refractivity contribution < 1.29 is 24.1 Å². The molecule has 234 valence electrons. The average Bonchev–Trinajstić information content (AvgIpc) is 3.11. The molecule has 4 atom stereocenters. The van der Waals surface area contributed by atoms with Gasteiger partial charge in [-0.2, -0.15) is 4.73 Å². The Morgan fingerprint density at radius 3 is 2.30 bits per heavy atom. The number of nitrogens with zero attached hydrogens (tertiary/aromatic N) is 1. The molecule has 1 aromatic heterocycles. The van der Waals surface area contributed by atoms with E-state index in [9.17, 15) is 15.1 Å². The summed E-state index contributed by atoms with van der Waals surface area (Å²) in [6.07, 6.45) is 0.472. The Morgan fingerprint density at radius 1 is 0.826 bits per heavy atom. The average molecular weight is 633 g/mol. The van der Waals surface area contributed by atoms with Gasteiger partial charge in [-0.3, -0.25) is 4.79 Å². The lowest BCUT2D eigenvalue weighted by molar-refractivity contribution is -0.645. The Bertz CT molecular complexity index is 1750. The summed E-state index contributed by atoms with van der Waals surface area (Å²) in [6.45, 7) is 2.52. The Morgan fingerprint density at radius 2 is 1.57 bits per heavy atom. The van der Waals surface area contributed by atoms with Crippen LogP contribution in [0.15, 0.2) is 133 Å². The number of ether oxygens (including phenoxy) is 2. The first-order chi connectivity index (χ1) is 22.5. The highest BCUT2D eigenvalue weighted by molar-refractivity contribution is 7.99. The zero-order chi connectivity index (χ0) is 31.9. The SMILES string of the molecule is CC1C(CSc2cccc[n+]2[O-])OC(c2ccc(-c3cccc(CNC(=O)c4ccccc4)c3)cc2)OC1c1ccc(CO)cc1. The lowest BCUT2D eigenvalue weighted by Gasteiger charge is -2.41. The second-order valence-electron chi connectivity index (χ2n) is 11.4. The zero-order valence-corrected chi connectivity index (χ0v) is 26.3. The maximum atomic E-state index is 12.5. The largest absolute Gasteiger partial charge is 0.618 e. The van der Waals surface area contributed by atoms with E-state index in [2.05, 4.69) is 36.5 Å². The Hall–Kier alpha value is -4.47. The van der Waals surface area contributed by atoms with Crippen LogP contribution in [0.3, 0.4) is 0 Å². The summed E-state index contributed by atoms with van der Waals surface area (Å²) in [5, 5.41) is 25.4. The summed E-state index contributed by atoms with van der Waals surface area (Å²) in [5.74, 6) is 0.494. The number of amides is 1. The molecule has 1 aliphatic heterocycles. The second kappa shape index (κ2) is 14.7. The minimum absolute atomic E-state index is 0.0111. The summed E-state index contributed by atoms with van der Waals surface area (Å²) in [7, 11) is 0. The molecule has 46 heavy (non-hydrogen) atoms. The van der Waals surface area contributed by atoms with Crippen LogP contribution in [-0.2, 0) is 22.6 Å². The van der Waals surface area contributed by atoms with Gasteiger partial charge in [-0.15, -0.1) is 0 Å². The van der Waals surface area contributed by atoms with Crippen LogP contribution >= 0.6 is 11.8 Å². The van der Waals surface area contributed by atoms with Crippen LogP contribution in [0.4, 0.5) is 0 Å². The fraction of sp³-hybridized carbons (Fsp3) is 0.211. The van der Waals surface area contributed by atoms with Gasteiger partial charge in [0.2, 0.25) is 0 Å². The third-order valence-corrected chi connectivity index (χ3v) is 9.35. The zero-order valence-electron chi connectivity index (χ0n) is 25.5. The summed E-state index contributed by atoms with van der Waals surface area (Å²) < 4.78 is 14.0. The topological polar surface area (TPSA) is 94.7 Å².